The topological polar surface area (TPSA) is 66.2 Å². The number of fused-ring (bicyclic) bond motifs is 2. The van der Waals surface area contributed by atoms with E-state index in [0.29, 0.717) is 22.4 Å². The monoisotopic (exact) mass is 288 g/mol. The summed E-state index contributed by atoms with van der Waals surface area (Å²) in [5, 5.41) is 14.0. The molecule has 4 heteroatoms. The molecule has 106 valence electrons. The lowest BCUT2D eigenvalue weighted by molar-refractivity contribution is -0.254. The molecular formula is C18H10NO3-. The Kier molecular flexibility index (Phi) is 2.69. The Morgan fingerprint density at radius 3 is 2.45 bits per heavy atom. The van der Waals surface area contributed by atoms with E-state index < -0.39 is 5.97 Å². The Morgan fingerprint density at radius 2 is 1.77 bits per heavy atom. The van der Waals surface area contributed by atoms with Gasteiger partial charge in [-0.15, -0.1) is 0 Å². The molecule has 0 aliphatic carbocycles. The van der Waals surface area contributed by atoms with Gasteiger partial charge in [-0.05, 0) is 41.1 Å². The highest BCUT2D eigenvalue weighted by atomic mass is 16.4. The van der Waals surface area contributed by atoms with E-state index >= 15 is 0 Å². The van der Waals surface area contributed by atoms with E-state index in [0.717, 1.165) is 10.8 Å². The number of pyridine rings is 1. The molecule has 0 radical (unpaired) electrons. The average molecular weight is 288 g/mol. The van der Waals surface area contributed by atoms with E-state index in [-0.39, 0.29) is 5.56 Å². The van der Waals surface area contributed by atoms with Crippen molar-refractivity contribution in [2.24, 2.45) is 0 Å². The first-order valence-corrected chi connectivity index (χ1v) is 6.81. The number of carboxylic acid groups (broad SMARTS) is 1. The number of furan rings is 1. The second-order valence-electron chi connectivity index (χ2n) is 5.04. The zero-order valence-electron chi connectivity index (χ0n) is 11.4. The van der Waals surface area contributed by atoms with Crippen LogP contribution in [0.1, 0.15) is 10.4 Å². The van der Waals surface area contributed by atoms with Crippen molar-refractivity contribution in [3.63, 3.8) is 0 Å². The van der Waals surface area contributed by atoms with Crippen LogP contribution >= 0.6 is 0 Å². The fourth-order valence-electron chi connectivity index (χ4n) is 2.63. The number of aromatic carboxylic acids is 1. The van der Waals surface area contributed by atoms with Crippen LogP contribution in [-0.2, 0) is 0 Å². The summed E-state index contributed by atoms with van der Waals surface area (Å²) in [5.41, 5.74) is 1.20. The van der Waals surface area contributed by atoms with Gasteiger partial charge >= 0.3 is 0 Å². The highest BCUT2D eigenvalue weighted by molar-refractivity contribution is 6.07. The molecule has 0 fully saturated rings. The van der Waals surface area contributed by atoms with E-state index in [2.05, 4.69) is 4.98 Å². The largest absolute Gasteiger partial charge is 0.545 e. The van der Waals surface area contributed by atoms with Crippen molar-refractivity contribution in [3.05, 3.63) is 66.4 Å². The summed E-state index contributed by atoms with van der Waals surface area (Å²) in [6.07, 6.45) is 1.53. The van der Waals surface area contributed by atoms with E-state index in [9.17, 15) is 9.90 Å². The van der Waals surface area contributed by atoms with Crippen LogP contribution in [0.3, 0.4) is 0 Å². The van der Waals surface area contributed by atoms with Gasteiger partial charge in [-0.1, -0.05) is 24.3 Å². The fourth-order valence-corrected chi connectivity index (χ4v) is 2.63. The summed E-state index contributed by atoms with van der Waals surface area (Å²) >= 11 is 0. The first kappa shape index (κ1) is 12.6. The predicted octanol–water partition coefficient (Wildman–Crippen LogP) is 3.01. The summed E-state index contributed by atoms with van der Waals surface area (Å²) in [6, 6.07) is 16.4. The van der Waals surface area contributed by atoms with E-state index in [1.165, 1.54) is 12.3 Å². The molecular weight excluding hydrogens is 278 g/mol. The molecule has 0 atom stereocenters. The summed E-state index contributed by atoms with van der Waals surface area (Å²) in [4.78, 5) is 16.0. The van der Waals surface area contributed by atoms with Crippen molar-refractivity contribution in [3.8, 4) is 11.5 Å². The average Bonchev–Trinajstić information content (AvgIpc) is 3.06. The zero-order valence-corrected chi connectivity index (χ0v) is 11.4. The Balaban J connectivity index is 2.10. The van der Waals surface area contributed by atoms with Gasteiger partial charge in [0.15, 0.2) is 5.76 Å². The van der Waals surface area contributed by atoms with Crippen molar-refractivity contribution in [1.82, 2.24) is 4.98 Å². The van der Waals surface area contributed by atoms with Crippen LogP contribution in [0.4, 0.5) is 0 Å². The molecule has 4 nitrogen and oxygen atoms in total. The summed E-state index contributed by atoms with van der Waals surface area (Å²) < 4.78 is 5.31. The molecule has 2 heterocycles. The third-order valence-corrected chi connectivity index (χ3v) is 3.67. The van der Waals surface area contributed by atoms with Crippen LogP contribution in [0.15, 0.2) is 65.3 Å². The maximum atomic E-state index is 11.5. The van der Waals surface area contributed by atoms with Crippen LogP contribution in [-0.4, -0.2) is 11.0 Å². The normalized spacial score (nSPS) is 11.1. The minimum atomic E-state index is -1.23. The molecule has 0 aliphatic rings. The fraction of sp³-hybridized carbons (Fsp3) is 0. The van der Waals surface area contributed by atoms with Gasteiger partial charge in [0, 0.05) is 10.9 Å². The predicted molar refractivity (Wildman–Crippen MR) is 81.3 cm³/mol. The van der Waals surface area contributed by atoms with Crippen LogP contribution in [0.25, 0.3) is 33.1 Å². The Hall–Kier alpha value is -3.14. The first-order chi connectivity index (χ1) is 10.7. The van der Waals surface area contributed by atoms with Crippen molar-refractivity contribution in [1.29, 1.82) is 0 Å². The highest BCUT2D eigenvalue weighted by Gasteiger charge is 2.11. The summed E-state index contributed by atoms with van der Waals surface area (Å²) in [5.74, 6) is -0.701. The van der Waals surface area contributed by atoms with Gasteiger partial charge < -0.3 is 14.3 Å². The lowest BCUT2D eigenvalue weighted by Gasteiger charge is -2.10. The summed E-state index contributed by atoms with van der Waals surface area (Å²) in [6.45, 7) is 0. The Labute approximate surface area is 125 Å². The molecule has 0 saturated heterocycles. The first-order valence-electron chi connectivity index (χ1n) is 6.81. The highest BCUT2D eigenvalue weighted by Crippen LogP contribution is 2.28. The van der Waals surface area contributed by atoms with Crippen LogP contribution in [0.5, 0.6) is 0 Å². The maximum absolute atomic E-state index is 11.5. The number of aromatic nitrogens is 1. The molecule has 0 aliphatic heterocycles. The number of hydrogen-bond acceptors (Lipinski definition) is 4. The molecule has 0 N–H and O–H groups in total. The van der Waals surface area contributed by atoms with Gasteiger partial charge in [0.1, 0.15) is 5.69 Å². The number of carbonyl (C=O) groups is 1. The zero-order chi connectivity index (χ0) is 15.1. The molecule has 0 amide bonds. The number of rotatable bonds is 2. The van der Waals surface area contributed by atoms with Crippen molar-refractivity contribution >= 4 is 27.6 Å². The lowest BCUT2D eigenvalue weighted by atomic mass is 10.0. The number of carboxylic acids is 1. The number of benzene rings is 2. The minimum absolute atomic E-state index is 0.113. The molecule has 2 aromatic carbocycles. The third-order valence-electron chi connectivity index (χ3n) is 3.67. The molecule has 2 aromatic heterocycles. The lowest BCUT2D eigenvalue weighted by Crippen LogP contribution is -2.22. The van der Waals surface area contributed by atoms with Crippen LogP contribution in [0, 0.1) is 0 Å². The van der Waals surface area contributed by atoms with Gasteiger partial charge in [0.05, 0.1) is 17.7 Å². The van der Waals surface area contributed by atoms with Crippen LogP contribution in [0.2, 0.25) is 0 Å². The second-order valence-corrected chi connectivity index (χ2v) is 5.04. The number of carbonyl (C=O) groups excluding carboxylic acids is 1. The van der Waals surface area contributed by atoms with Gasteiger partial charge in [0.25, 0.3) is 0 Å². The SMILES string of the molecule is O=C([O-])c1cc(-c2ccco2)nc2cc3ccccc3cc12. The molecule has 0 spiro atoms. The smallest absolute Gasteiger partial charge is 0.152 e. The minimum Gasteiger partial charge on any atom is -0.545 e. The molecule has 4 aromatic rings. The molecule has 0 saturated carbocycles. The standard InChI is InChI=1S/C18H11NO3/c20-18(21)14-10-16(17-6-3-7-22-17)19-15-9-12-5-2-1-4-11(12)8-13(14)15/h1-10H,(H,20,21)/p-1. The Morgan fingerprint density at radius 1 is 1.00 bits per heavy atom. The van der Waals surface area contributed by atoms with E-state index in [1.807, 2.05) is 36.4 Å². The van der Waals surface area contributed by atoms with E-state index in [1.54, 1.807) is 12.1 Å². The third kappa shape index (κ3) is 1.93. The molecule has 0 bridgehead atoms. The van der Waals surface area contributed by atoms with Crippen LogP contribution < -0.4 is 5.11 Å². The van der Waals surface area contributed by atoms with Gasteiger partial charge in [-0.2, -0.15) is 0 Å². The second kappa shape index (κ2) is 4.70. The summed E-state index contributed by atoms with van der Waals surface area (Å²) in [7, 11) is 0. The van der Waals surface area contributed by atoms with Crippen molar-refractivity contribution < 1.29 is 14.3 Å². The number of hydrogen-bond donors (Lipinski definition) is 0. The molecule has 22 heavy (non-hydrogen) atoms. The van der Waals surface area contributed by atoms with Gasteiger partial charge in [-0.3, -0.25) is 0 Å². The number of nitrogens with zero attached hydrogens (tertiary/aromatic N) is 1. The maximum Gasteiger partial charge on any atom is 0.152 e. The van der Waals surface area contributed by atoms with E-state index in [4.69, 9.17) is 4.42 Å². The molecule has 4 rings (SSSR count). The van der Waals surface area contributed by atoms with Crippen molar-refractivity contribution in [2.45, 2.75) is 0 Å². The Bertz CT molecular complexity index is 1000. The van der Waals surface area contributed by atoms with Gasteiger partial charge in [0.2, 0.25) is 0 Å². The molecule has 0 unspecified atom stereocenters. The van der Waals surface area contributed by atoms with Crippen molar-refractivity contribution in [2.75, 3.05) is 0 Å². The van der Waals surface area contributed by atoms with Gasteiger partial charge in [-0.25, -0.2) is 4.98 Å². The quantitative estimate of drug-likeness (QED) is 0.532.